The van der Waals surface area contributed by atoms with Gasteiger partial charge >= 0.3 is 11.7 Å². The molecular formula is C55H81N7O38PS-. The molecule has 27 atom stereocenters. The number of hydrogen-bond donors (Lipinski definition) is 17. The molecule has 7 heterocycles. The number of hydrogen-bond acceptors (Lipinski definition) is 40. The van der Waals surface area contributed by atoms with Gasteiger partial charge in [-0.2, -0.15) is 4.98 Å². The standard InChI is InChI=1S/C55H82N7O38PS/c1-21(67)59-32-34(75)42(93-49-39(80)35(76)43(88-2)51(97-49)90-19-65)26(18-64)92-47(32)94-44-36(77)38(79)48(96-52(44)91-20-66)89-11-8-57-29(71)5-3-9-61-31(73)14-27(45(61)82)102-12-4-6-30(72)58-16-22(68)13-23-24(69)15-55(53(83)84,98-41(23)33(74)25(70)17-63)100-101(86,87)99-50-40(81)37(78)46(95-50)62-10-7-28(56)60-54(62)85/h7,10,19-20,23-27,32-44,46-52,63-64,69-70,74-81H,3-6,8-9,11-18H2,1-2H3,(H,57,71)(H,58,72)(H,59,67)(H,83,84)(H,86,87)(H2,56,60,85)/p-1/t23-,24-,25-,26?,27?,32?,33-,34-,35-,36-,37?,38?,39?,40-,41?,42-,43+,44+,46-,47-,48-,49-,50-,51?,52?,55-/m1/s1. The number of nitrogens with one attached hydrogen (secondary N) is 3. The minimum Gasteiger partial charge on any atom is -0.756 e. The smallest absolute Gasteiger partial charge is 0.364 e. The third kappa shape index (κ3) is 20.5. The normalized spacial score (nSPS) is 36.1. The van der Waals surface area contributed by atoms with Crippen LogP contribution >= 0.6 is 19.6 Å². The molecule has 576 valence electrons. The van der Waals surface area contributed by atoms with E-state index in [9.17, 15) is 124 Å². The maximum atomic E-state index is 13.3. The molecule has 0 aromatic carbocycles. The van der Waals surface area contributed by atoms with Crippen molar-refractivity contribution in [2.75, 3.05) is 58.1 Å². The average Bonchev–Trinajstić information content (AvgIpc) is 0.921. The van der Waals surface area contributed by atoms with E-state index in [2.05, 4.69) is 20.9 Å². The Kier molecular flexibility index (Phi) is 30.4. The number of carbonyl (C=O) groups excluding carboxylic acids is 8. The van der Waals surface area contributed by atoms with Crippen LogP contribution in [0.2, 0.25) is 0 Å². The number of amides is 5. The lowest BCUT2D eigenvalue weighted by Crippen LogP contribution is -2.69. The summed E-state index contributed by atoms with van der Waals surface area (Å²) in [6.07, 6.45) is -44.7. The number of ether oxygens (including phenoxy) is 11. The van der Waals surface area contributed by atoms with Crippen molar-refractivity contribution in [3.05, 3.63) is 22.7 Å². The second-order valence-electron chi connectivity index (χ2n) is 23.8. The number of phosphoric acid groups is 1. The zero-order chi connectivity index (χ0) is 75.2. The van der Waals surface area contributed by atoms with Crippen molar-refractivity contribution in [3.8, 4) is 0 Å². The van der Waals surface area contributed by atoms with Gasteiger partial charge in [0.25, 0.3) is 26.6 Å². The van der Waals surface area contributed by atoms with Crippen LogP contribution in [0.4, 0.5) is 5.82 Å². The molecule has 0 spiro atoms. The van der Waals surface area contributed by atoms with Gasteiger partial charge in [-0.15, -0.1) is 11.8 Å². The molecule has 6 fully saturated rings. The number of nitrogen functional groups attached to an aromatic ring is 1. The molecule has 47 heteroatoms. The molecule has 0 bridgehead atoms. The van der Waals surface area contributed by atoms with Gasteiger partial charge in [-0.1, -0.05) is 0 Å². The zero-order valence-corrected chi connectivity index (χ0v) is 55.6. The fourth-order valence-corrected chi connectivity index (χ4v) is 13.8. The number of aliphatic carboxylic acids is 1. The number of carboxylic acid groups (broad SMARTS) is 1. The van der Waals surface area contributed by atoms with E-state index in [1.54, 1.807) is 0 Å². The van der Waals surface area contributed by atoms with Crippen molar-refractivity contribution >= 4 is 79.6 Å². The fourth-order valence-electron chi connectivity index (χ4n) is 11.6. The van der Waals surface area contributed by atoms with Crippen molar-refractivity contribution in [2.24, 2.45) is 5.92 Å². The molecule has 0 radical (unpaired) electrons. The van der Waals surface area contributed by atoms with Crippen LogP contribution in [0.15, 0.2) is 17.1 Å². The third-order valence-electron chi connectivity index (χ3n) is 16.7. The van der Waals surface area contributed by atoms with Crippen LogP contribution in [0.25, 0.3) is 0 Å². The Morgan fingerprint density at radius 2 is 1.45 bits per heavy atom. The van der Waals surface area contributed by atoms with E-state index in [0.29, 0.717) is 4.57 Å². The van der Waals surface area contributed by atoms with Gasteiger partial charge in [-0.3, -0.25) is 61.4 Å². The van der Waals surface area contributed by atoms with Gasteiger partial charge in [-0.05, 0) is 24.7 Å². The number of rotatable bonds is 37. The zero-order valence-electron chi connectivity index (χ0n) is 53.9. The van der Waals surface area contributed by atoms with E-state index in [0.717, 1.165) is 43.0 Å². The molecule has 45 nitrogen and oxygen atoms in total. The number of likely N-dealkylation sites (tertiary alicyclic amines) is 1. The van der Waals surface area contributed by atoms with Crippen LogP contribution in [-0.2, 0) is 109 Å². The van der Waals surface area contributed by atoms with Crippen LogP contribution in [0.3, 0.4) is 0 Å². The van der Waals surface area contributed by atoms with Gasteiger partial charge in [0.15, 0.2) is 43.3 Å². The third-order valence-corrected chi connectivity index (χ3v) is 19.0. The molecule has 1 aromatic heterocycles. The van der Waals surface area contributed by atoms with Crippen LogP contribution < -0.4 is 32.3 Å². The van der Waals surface area contributed by atoms with E-state index in [1.807, 2.05) is 0 Å². The van der Waals surface area contributed by atoms with E-state index in [4.69, 9.17) is 66.9 Å². The van der Waals surface area contributed by atoms with Crippen LogP contribution in [-0.4, -0.2) is 334 Å². The number of thioether (sulfide) groups is 1. The monoisotopic (exact) mass is 1510 g/mol. The number of nitrogens with zero attached hydrogens (tertiary/aromatic N) is 3. The Bertz CT molecular complexity index is 3170. The van der Waals surface area contributed by atoms with Gasteiger partial charge < -0.3 is 145 Å². The number of methoxy groups -OCH3 is 1. The minimum absolute atomic E-state index is 0.00130. The first-order valence-electron chi connectivity index (χ1n) is 31.3. The summed E-state index contributed by atoms with van der Waals surface area (Å²) in [4.78, 5) is 143. The first-order chi connectivity index (χ1) is 48.2. The number of imide groups is 1. The Morgan fingerprint density at radius 3 is 2.09 bits per heavy atom. The fraction of sp³-hybridized carbons (Fsp3) is 0.764. The van der Waals surface area contributed by atoms with Crippen molar-refractivity contribution in [3.63, 3.8) is 0 Å². The SMILES string of the molecule is CO[C@@H]1C(OC=O)O[C@@H](O[C@@H]2C(CO)O[C@H](O[C@@H]3C(OC=O)O[C@@H](OCCNC(=O)CCCN4C(=O)CC(SCCCC(=O)NCC(=O)C[C@H]5C([C@H](O)[C@H](O)CO)O[C@](OP(=O)([O-])O[C@H]6O[C@@H](n7ccc(N)nc7=O)C(O)[C@H]6O)(C(=O)O)C[C@H]5O)C4=O)C(O)[C@H]3O)C(NC(C)=O)[C@H]2O)C(O)[C@H]1O. The summed E-state index contributed by atoms with van der Waals surface area (Å²) >= 11 is 1.05. The number of anilines is 1. The van der Waals surface area contributed by atoms with Crippen molar-refractivity contribution < 1.29 is 180 Å². The number of phosphoric ester groups is 1. The molecular weight excluding hydrogens is 1430 g/mol. The topological polar surface area (TPSA) is 677 Å². The number of carboxylic acids is 1. The molecule has 6 aliphatic heterocycles. The van der Waals surface area contributed by atoms with E-state index < -0.39 is 253 Å². The number of carbonyl (C=O) groups is 9. The predicted octanol–water partition coefficient (Wildman–Crippen LogP) is -11.7. The molecule has 18 N–H and O–H groups in total. The van der Waals surface area contributed by atoms with Gasteiger partial charge in [0.2, 0.25) is 42.1 Å². The van der Waals surface area contributed by atoms with E-state index in [1.165, 1.54) is 0 Å². The molecule has 10 unspecified atom stereocenters. The first-order valence-corrected chi connectivity index (χ1v) is 33.8. The predicted molar refractivity (Wildman–Crippen MR) is 320 cm³/mol. The highest BCUT2D eigenvalue weighted by atomic mass is 32.2. The van der Waals surface area contributed by atoms with Crippen molar-refractivity contribution in [1.82, 2.24) is 30.4 Å². The summed E-state index contributed by atoms with van der Waals surface area (Å²) in [5.74, 6) is -11.7. The average molecular weight is 1510 g/mol. The van der Waals surface area contributed by atoms with Crippen LogP contribution in [0.1, 0.15) is 58.1 Å². The van der Waals surface area contributed by atoms with Gasteiger partial charge in [-0.25, -0.2) is 9.59 Å². The van der Waals surface area contributed by atoms with Crippen LogP contribution in [0.5, 0.6) is 0 Å². The number of aromatic nitrogens is 2. The molecule has 0 saturated carbocycles. The molecule has 6 aliphatic rings. The Hall–Kier alpha value is -6.07. The highest BCUT2D eigenvalue weighted by Crippen LogP contribution is 2.52. The van der Waals surface area contributed by atoms with Gasteiger partial charge in [0, 0.05) is 71.3 Å². The lowest BCUT2D eigenvalue weighted by Gasteiger charge is -2.49. The summed E-state index contributed by atoms with van der Waals surface area (Å²) in [5.41, 5.74) is 4.34. The first kappa shape index (κ1) is 83.2. The van der Waals surface area contributed by atoms with Crippen LogP contribution in [0, 0.1) is 5.92 Å². The van der Waals surface area contributed by atoms with Gasteiger partial charge in [0.1, 0.15) is 85.1 Å². The quantitative estimate of drug-likeness (QED) is 0.0127. The molecule has 0 aliphatic carbocycles. The maximum absolute atomic E-state index is 13.3. The van der Waals surface area contributed by atoms with E-state index >= 15 is 0 Å². The maximum Gasteiger partial charge on any atom is 0.364 e. The second-order valence-corrected chi connectivity index (χ2v) is 26.4. The Balaban J connectivity index is 0.807. The number of ketones is 1. The molecule has 6 saturated heterocycles. The molecule has 102 heavy (non-hydrogen) atoms. The minimum atomic E-state index is -6.17. The lowest BCUT2D eigenvalue weighted by atomic mass is 9.80. The van der Waals surface area contributed by atoms with Crippen molar-refractivity contribution in [2.45, 2.75) is 204 Å². The Morgan fingerprint density at radius 1 is 0.824 bits per heavy atom. The number of aliphatic hydroxyl groups is 12. The van der Waals surface area contributed by atoms with Crippen molar-refractivity contribution in [1.29, 1.82) is 0 Å². The number of Topliss-reactive ketones (excluding diaryl/α,β-unsaturated/α-hetero) is 1. The highest BCUT2D eigenvalue weighted by molar-refractivity contribution is 8.00. The lowest BCUT2D eigenvalue weighted by molar-refractivity contribution is -0.389. The summed E-state index contributed by atoms with van der Waals surface area (Å²) in [5, 5.41) is 145. The Labute approximate surface area is 579 Å². The summed E-state index contributed by atoms with van der Waals surface area (Å²) in [6, 6.07) is -0.590. The largest absolute Gasteiger partial charge is 0.756 e. The summed E-state index contributed by atoms with van der Waals surface area (Å²) < 4.78 is 82.6. The van der Waals surface area contributed by atoms with Gasteiger partial charge in [0.05, 0.1) is 43.8 Å². The van der Waals surface area contributed by atoms with E-state index in [-0.39, 0.29) is 69.7 Å². The number of nitrogens with two attached hydrogens (primary N) is 1. The molecule has 1 aromatic rings. The number of aliphatic hydroxyl groups excluding tert-OH is 12. The highest BCUT2D eigenvalue weighted by Gasteiger charge is 2.60. The second kappa shape index (κ2) is 37.3. The summed E-state index contributed by atoms with van der Waals surface area (Å²) in [7, 11) is -5.05. The molecule has 5 amide bonds. The molecule has 7 rings (SSSR count). The summed E-state index contributed by atoms with van der Waals surface area (Å²) in [6.45, 7) is -2.87.